The number of aromatic nitrogens is 3. The first-order valence-electron chi connectivity index (χ1n) is 5.69. The molecule has 1 aromatic carbocycles. The van der Waals surface area contributed by atoms with E-state index in [2.05, 4.69) is 15.0 Å². The van der Waals surface area contributed by atoms with Crippen molar-refractivity contribution < 1.29 is 5.11 Å². The van der Waals surface area contributed by atoms with Crippen molar-refractivity contribution in [3.05, 3.63) is 46.0 Å². The van der Waals surface area contributed by atoms with Gasteiger partial charge in [0.1, 0.15) is 0 Å². The summed E-state index contributed by atoms with van der Waals surface area (Å²) in [5.41, 5.74) is 5.09. The number of benzene rings is 1. The van der Waals surface area contributed by atoms with Crippen molar-refractivity contribution in [1.82, 2.24) is 15.0 Å². The second-order valence-electron chi connectivity index (χ2n) is 4.33. The van der Waals surface area contributed by atoms with Crippen LogP contribution in [0.25, 0.3) is 22.3 Å². The molecule has 2 aromatic heterocycles. The van der Waals surface area contributed by atoms with E-state index in [4.69, 9.17) is 0 Å². The highest BCUT2D eigenvalue weighted by Crippen LogP contribution is 2.24. The van der Waals surface area contributed by atoms with E-state index in [1.54, 1.807) is 0 Å². The molecule has 92 valence electrons. The Balaban J connectivity index is 2.15. The van der Waals surface area contributed by atoms with E-state index in [0.29, 0.717) is 0 Å². The van der Waals surface area contributed by atoms with Crippen LogP contribution in [-0.4, -0.2) is 20.1 Å². The highest BCUT2D eigenvalue weighted by Gasteiger charge is 2.07. The van der Waals surface area contributed by atoms with Gasteiger partial charge in [-0.15, -0.1) is 0 Å². The van der Waals surface area contributed by atoms with Gasteiger partial charge in [-0.1, -0.05) is 6.07 Å². The van der Waals surface area contributed by atoms with Gasteiger partial charge in [0.05, 0.1) is 17.6 Å². The summed E-state index contributed by atoms with van der Waals surface area (Å²) in [6.07, 6.45) is 0. The molecule has 0 amide bonds. The zero-order valence-electron chi connectivity index (χ0n) is 9.87. The number of fused-ring (bicyclic) bond motifs is 1. The number of hydrogen-bond acceptors (Lipinski definition) is 2. The second kappa shape index (κ2) is 3.89. The van der Waals surface area contributed by atoms with Crippen molar-refractivity contribution in [2.75, 3.05) is 0 Å². The van der Waals surface area contributed by atoms with Gasteiger partial charge in [0.2, 0.25) is 0 Å². The fraction of sp³-hybridized carbons (Fsp3) is 0.154. The van der Waals surface area contributed by atoms with E-state index < -0.39 is 0 Å². The lowest BCUT2D eigenvalue weighted by Gasteiger charge is -1.97. The maximum absolute atomic E-state index is 11.2. The molecule has 0 aliphatic heterocycles. The van der Waals surface area contributed by atoms with E-state index >= 15 is 0 Å². The van der Waals surface area contributed by atoms with E-state index in [9.17, 15) is 9.90 Å². The first kappa shape index (κ1) is 10.9. The molecule has 0 radical (unpaired) electrons. The lowest BCUT2D eigenvalue weighted by Crippen LogP contribution is -1.99. The van der Waals surface area contributed by atoms with Crippen LogP contribution in [-0.2, 0) is 6.61 Å². The maximum Gasteiger partial charge on any atom is 0.323 e. The van der Waals surface area contributed by atoms with Gasteiger partial charge in [-0.3, -0.25) is 0 Å². The highest BCUT2D eigenvalue weighted by molar-refractivity contribution is 5.80. The SMILES string of the molecule is Cc1[nH]c(-c2ccc3[nH]c(=O)[nH]c3c2)cc1CO. The Morgan fingerprint density at radius 2 is 1.89 bits per heavy atom. The van der Waals surface area contributed by atoms with E-state index in [-0.39, 0.29) is 12.3 Å². The van der Waals surface area contributed by atoms with E-state index in [1.165, 1.54) is 0 Å². The van der Waals surface area contributed by atoms with Gasteiger partial charge in [0, 0.05) is 17.0 Å². The number of rotatable bonds is 2. The zero-order chi connectivity index (χ0) is 12.7. The van der Waals surface area contributed by atoms with Crippen LogP contribution in [0.3, 0.4) is 0 Å². The van der Waals surface area contributed by atoms with E-state index in [1.807, 2.05) is 31.2 Å². The third-order valence-electron chi connectivity index (χ3n) is 3.12. The average Bonchev–Trinajstić information content (AvgIpc) is 2.89. The number of aryl methyl sites for hydroxylation is 1. The van der Waals surface area contributed by atoms with Gasteiger partial charge in [-0.25, -0.2) is 4.79 Å². The summed E-state index contributed by atoms with van der Waals surface area (Å²) >= 11 is 0. The number of nitrogens with one attached hydrogen (secondary N) is 3. The smallest absolute Gasteiger partial charge is 0.323 e. The van der Waals surface area contributed by atoms with Crippen LogP contribution >= 0.6 is 0 Å². The molecule has 3 rings (SSSR count). The Kier molecular flexibility index (Phi) is 2.34. The fourth-order valence-corrected chi connectivity index (χ4v) is 2.12. The molecule has 5 nitrogen and oxygen atoms in total. The van der Waals surface area contributed by atoms with Crippen LogP contribution in [0.15, 0.2) is 29.1 Å². The molecule has 0 bridgehead atoms. The number of hydrogen-bond donors (Lipinski definition) is 4. The minimum Gasteiger partial charge on any atom is -0.392 e. The summed E-state index contributed by atoms with van der Waals surface area (Å²) in [5, 5.41) is 9.18. The summed E-state index contributed by atoms with van der Waals surface area (Å²) in [4.78, 5) is 19.8. The number of H-pyrrole nitrogens is 3. The average molecular weight is 243 g/mol. The molecule has 0 unspecified atom stereocenters. The van der Waals surface area contributed by atoms with Crippen molar-refractivity contribution in [3.8, 4) is 11.3 Å². The van der Waals surface area contributed by atoms with Gasteiger partial charge in [0.15, 0.2) is 0 Å². The minimum absolute atomic E-state index is 0.0194. The Labute approximate surface area is 102 Å². The molecule has 5 heteroatoms. The van der Waals surface area contributed by atoms with Crippen LogP contribution in [0.1, 0.15) is 11.3 Å². The topological polar surface area (TPSA) is 84.7 Å². The molecule has 0 aliphatic rings. The normalized spacial score (nSPS) is 11.2. The van der Waals surface area contributed by atoms with Crippen molar-refractivity contribution in [3.63, 3.8) is 0 Å². The molecule has 2 heterocycles. The van der Waals surface area contributed by atoms with Crippen LogP contribution in [0.5, 0.6) is 0 Å². The molecule has 0 aliphatic carbocycles. The molecule has 18 heavy (non-hydrogen) atoms. The van der Waals surface area contributed by atoms with Crippen molar-refractivity contribution in [1.29, 1.82) is 0 Å². The Morgan fingerprint density at radius 3 is 2.61 bits per heavy atom. The summed E-state index contributed by atoms with van der Waals surface area (Å²) in [6, 6.07) is 7.61. The van der Waals surface area contributed by atoms with Gasteiger partial charge >= 0.3 is 5.69 Å². The van der Waals surface area contributed by atoms with Crippen LogP contribution in [0.2, 0.25) is 0 Å². The van der Waals surface area contributed by atoms with Crippen molar-refractivity contribution in [2.45, 2.75) is 13.5 Å². The third kappa shape index (κ3) is 1.65. The van der Waals surface area contributed by atoms with Crippen LogP contribution < -0.4 is 5.69 Å². The highest BCUT2D eigenvalue weighted by atomic mass is 16.3. The van der Waals surface area contributed by atoms with Gasteiger partial charge < -0.3 is 20.1 Å². The molecule has 0 spiro atoms. The van der Waals surface area contributed by atoms with Gasteiger partial charge in [-0.05, 0) is 30.7 Å². The number of aromatic amines is 3. The third-order valence-corrected chi connectivity index (χ3v) is 3.12. The number of aliphatic hydroxyl groups excluding tert-OH is 1. The molecule has 0 saturated heterocycles. The van der Waals surface area contributed by atoms with Crippen molar-refractivity contribution >= 4 is 11.0 Å². The van der Waals surface area contributed by atoms with E-state index in [0.717, 1.165) is 33.5 Å². The Bertz CT molecular complexity index is 764. The molecule has 0 fully saturated rings. The molecule has 4 N–H and O–H groups in total. The fourth-order valence-electron chi connectivity index (χ4n) is 2.12. The first-order valence-corrected chi connectivity index (χ1v) is 5.69. The summed E-state index contributed by atoms with van der Waals surface area (Å²) in [6.45, 7) is 1.94. The molecular weight excluding hydrogens is 230 g/mol. The predicted molar refractivity (Wildman–Crippen MR) is 69.4 cm³/mol. The lowest BCUT2D eigenvalue weighted by atomic mass is 10.1. The molecular formula is C13H13N3O2. The quantitative estimate of drug-likeness (QED) is 0.551. The van der Waals surface area contributed by atoms with Crippen LogP contribution in [0.4, 0.5) is 0 Å². The number of aliphatic hydroxyl groups is 1. The maximum atomic E-state index is 11.2. The second-order valence-corrected chi connectivity index (χ2v) is 4.33. The predicted octanol–water partition coefficient (Wildman–Crippen LogP) is 1.65. The standard InChI is InChI=1S/C13H13N3O2/c1-7-9(6-17)5-11(14-7)8-2-3-10-12(4-8)16-13(18)15-10/h2-5,14,17H,6H2,1H3,(H2,15,16,18). The van der Waals surface area contributed by atoms with Gasteiger partial charge in [0.25, 0.3) is 0 Å². The molecule has 0 saturated carbocycles. The molecule has 0 atom stereocenters. The lowest BCUT2D eigenvalue weighted by molar-refractivity contribution is 0.281. The minimum atomic E-state index is -0.208. The largest absolute Gasteiger partial charge is 0.392 e. The molecule has 3 aromatic rings. The Morgan fingerprint density at radius 1 is 1.11 bits per heavy atom. The first-order chi connectivity index (χ1) is 8.67. The summed E-state index contributed by atoms with van der Waals surface area (Å²) in [7, 11) is 0. The van der Waals surface area contributed by atoms with Gasteiger partial charge in [-0.2, -0.15) is 0 Å². The monoisotopic (exact) mass is 243 g/mol. The number of imidazole rings is 1. The van der Waals surface area contributed by atoms with Crippen LogP contribution in [0, 0.1) is 6.92 Å². The summed E-state index contributed by atoms with van der Waals surface area (Å²) in [5.74, 6) is 0. The summed E-state index contributed by atoms with van der Waals surface area (Å²) < 4.78 is 0. The zero-order valence-corrected chi connectivity index (χ0v) is 9.87. The Hall–Kier alpha value is -2.27. The van der Waals surface area contributed by atoms with Crippen molar-refractivity contribution in [2.24, 2.45) is 0 Å².